The standard InChI is InChI=1S/C16H23F3N2/c1-2-21(14-8-4-3-5-9-14)15(12-20)10-6-7-13(11-15)16(17,18)19/h3-5,8-9,13H,2,6-7,10-12,20H2,1H3. The van der Waals surface area contributed by atoms with Gasteiger partial charge in [0.15, 0.2) is 0 Å². The Balaban J connectivity index is 2.31. The van der Waals surface area contributed by atoms with Gasteiger partial charge in [-0.1, -0.05) is 24.6 Å². The highest BCUT2D eigenvalue weighted by molar-refractivity contribution is 5.49. The van der Waals surface area contributed by atoms with Crippen molar-refractivity contribution < 1.29 is 13.2 Å². The van der Waals surface area contributed by atoms with Crippen molar-refractivity contribution in [3.63, 3.8) is 0 Å². The number of benzene rings is 1. The van der Waals surface area contributed by atoms with E-state index in [-0.39, 0.29) is 19.4 Å². The average molecular weight is 300 g/mol. The number of nitrogens with zero attached hydrogens (tertiary/aromatic N) is 1. The first-order valence-electron chi connectivity index (χ1n) is 7.52. The summed E-state index contributed by atoms with van der Waals surface area (Å²) in [7, 11) is 0. The second kappa shape index (κ2) is 6.26. The summed E-state index contributed by atoms with van der Waals surface area (Å²) in [5, 5.41) is 0. The monoisotopic (exact) mass is 300 g/mol. The van der Waals surface area contributed by atoms with E-state index in [0.29, 0.717) is 13.0 Å². The summed E-state index contributed by atoms with van der Waals surface area (Å²) in [6.45, 7) is 2.88. The highest BCUT2D eigenvalue weighted by Gasteiger charge is 2.49. The maximum absolute atomic E-state index is 13.1. The van der Waals surface area contributed by atoms with E-state index in [1.165, 1.54) is 0 Å². The van der Waals surface area contributed by atoms with Gasteiger partial charge >= 0.3 is 6.18 Å². The molecule has 0 amide bonds. The van der Waals surface area contributed by atoms with Crippen LogP contribution in [-0.4, -0.2) is 24.8 Å². The first-order chi connectivity index (χ1) is 9.93. The smallest absolute Gasteiger partial charge is 0.365 e. The molecule has 1 aromatic rings. The van der Waals surface area contributed by atoms with Gasteiger partial charge in [0.1, 0.15) is 0 Å². The van der Waals surface area contributed by atoms with Crippen molar-refractivity contribution in [3.05, 3.63) is 30.3 Å². The van der Waals surface area contributed by atoms with Crippen molar-refractivity contribution in [2.24, 2.45) is 11.7 Å². The number of hydrogen-bond acceptors (Lipinski definition) is 2. The lowest BCUT2D eigenvalue weighted by Crippen LogP contribution is -2.58. The van der Waals surface area contributed by atoms with E-state index in [1.807, 2.05) is 37.3 Å². The third-order valence-corrected chi connectivity index (χ3v) is 4.62. The molecule has 2 atom stereocenters. The summed E-state index contributed by atoms with van der Waals surface area (Å²) in [6, 6.07) is 9.61. The fraction of sp³-hybridized carbons (Fsp3) is 0.625. The second-order valence-electron chi connectivity index (χ2n) is 5.84. The Morgan fingerprint density at radius 1 is 1.29 bits per heavy atom. The Labute approximate surface area is 124 Å². The molecule has 118 valence electrons. The molecule has 1 fully saturated rings. The van der Waals surface area contributed by atoms with Crippen molar-refractivity contribution in [1.82, 2.24) is 0 Å². The number of nitrogens with two attached hydrogens (primary N) is 1. The Morgan fingerprint density at radius 2 is 1.95 bits per heavy atom. The van der Waals surface area contributed by atoms with Crippen LogP contribution in [0.5, 0.6) is 0 Å². The van der Waals surface area contributed by atoms with E-state index in [9.17, 15) is 13.2 Å². The minimum Gasteiger partial charge on any atom is -0.365 e. The van der Waals surface area contributed by atoms with Crippen molar-refractivity contribution in [2.45, 2.75) is 44.3 Å². The third kappa shape index (κ3) is 3.34. The van der Waals surface area contributed by atoms with Gasteiger partial charge in [0.05, 0.1) is 11.5 Å². The lowest BCUT2D eigenvalue weighted by Gasteiger charge is -2.49. The number of rotatable bonds is 4. The van der Waals surface area contributed by atoms with E-state index >= 15 is 0 Å². The third-order valence-electron chi connectivity index (χ3n) is 4.62. The Bertz CT molecular complexity index is 447. The van der Waals surface area contributed by atoms with Crippen molar-refractivity contribution >= 4 is 5.69 Å². The Hall–Kier alpha value is -1.23. The SMILES string of the molecule is CCN(c1ccccc1)C1(CN)CCCC(C(F)(F)F)C1. The fourth-order valence-electron chi connectivity index (χ4n) is 3.56. The van der Waals surface area contributed by atoms with E-state index in [1.54, 1.807) is 0 Å². The van der Waals surface area contributed by atoms with E-state index in [2.05, 4.69) is 4.90 Å². The lowest BCUT2D eigenvalue weighted by molar-refractivity contribution is -0.186. The molecule has 0 spiro atoms. The van der Waals surface area contributed by atoms with Crippen LogP contribution in [-0.2, 0) is 0 Å². The van der Waals surface area contributed by atoms with Gasteiger partial charge < -0.3 is 10.6 Å². The molecule has 2 rings (SSSR count). The summed E-state index contributed by atoms with van der Waals surface area (Å²) in [5.41, 5.74) is 6.31. The van der Waals surface area contributed by atoms with E-state index in [0.717, 1.165) is 12.1 Å². The molecule has 0 radical (unpaired) electrons. The molecule has 0 aliphatic heterocycles. The fourth-order valence-corrected chi connectivity index (χ4v) is 3.56. The first kappa shape index (κ1) is 16.1. The van der Waals surface area contributed by atoms with Gasteiger partial charge in [-0.2, -0.15) is 13.2 Å². The summed E-state index contributed by atoms with van der Waals surface area (Å²) < 4.78 is 39.4. The van der Waals surface area contributed by atoms with Gasteiger partial charge in [-0.25, -0.2) is 0 Å². The number of para-hydroxylation sites is 1. The number of likely N-dealkylation sites (N-methyl/N-ethyl adjacent to an activating group) is 1. The summed E-state index contributed by atoms with van der Waals surface area (Å²) in [5.74, 6) is -1.24. The number of anilines is 1. The number of halogens is 3. The van der Waals surface area contributed by atoms with Crippen LogP contribution in [0, 0.1) is 5.92 Å². The molecular formula is C16H23F3N2. The molecule has 21 heavy (non-hydrogen) atoms. The predicted molar refractivity (Wildman–Crippen MR) is 79.3 cm³/mol. The van der Waals surface area contributed by atoms with Crippen molar-refractivity contribution in [3.8, 4) is 0 Å². The van der Waals surface area contributed by atoms with Gasteiger partial charge in [-0.15, -0.1) is 0 Å². The molecule has 2 nitrogen and oxygen atoms in total. The minimum atomic E-state index is -4.13. The van der Waals surface area contributed by atoms with Gasteiger partial charge in [-0.05, 0) is 38.3 Å². The number of alkyl halides is 3. The lowest BCUT2D eigenvalue weighted by atomic mass is 9.74. The highest BCUT2D eigenvalue weighted by atomic mass is 19.4. The zero-order valence-electron chi connectivity index (χ0n) is 12.4. The molecule has 1 aliphatic rings. The van der Waals surface area contributed by atoms with Crippen LogP contribution in [0.25, 0.3) is 0 Å². The molecule has 1 aliphatic carbocycles. The molecule has 2 unspecified atom stereocenters. The van der Waals surface area contributed by atoms with Crippen LogP contribution in [0.2, 0.25) is 0 Å². The molecule has 5 heteroatoms. The first-order valence-corrected chi connectivity index (χ1v) is 7.52. The molecule has 1 aromatic carbocycles. The zero-order chi connectivity index (χ0) is 15.5. The quantitative estimate of drug-likeness (QED) is 0.912. The normalized spacial score (nSPS) is 26.6. The zero-order valence-corrected chi connectivity index (χ0v) is 12.4. The van der Waals surface area contributed by atoms with Crippen molar-refractivity contribution in [2.75, 3.05) is 18.0 Å². The van der Waals surface area contributed by atoms with Gasteiger partial charge in [0, 0.05) is 18.8 Å². The number of hydrogen-bond donors (Lipinski definition) is 1. The van der Waals surface area contributed by atoms with E-state index in [4.69, 9.17) is 5.73 Å². The van der Waals surface area contributed by atoms with Gasteiger partial charge in [0.25, 0.3) is 0 Å². The average Bonchev–Trinajstić information content (AvgIpc) is 2.48. The van der Waals surface area contributed by atoms with Crippen LogP contribution in [0.1, 0.15) is 32.6 Å². The molecule has 0 bridgehead atoms. The highest BCUT2D eigenvalue weighted by Crippen LogP contribution is 2.44. The largest absolute Gasteiger partial charge is 0.391 e. The molecule has 0 heterocycles. The van der Waals surface area contributed by atoms with Crippen LogP contribution in [0.3, 0.4) is 0 Å². The second-order valence-corrected chi connectivity index (χ2v) is 5.84. The van der Waals surface area contributed by atoms with Crippen LogP contribution >= 0.6 is 0 Å². The maximum atomic E-state index is 13.1. The van der Waals surface area contributed by atoms with Crippen LogP contribution < -0.4 is 10.6 Å². The van der Waals surface area contributed by atoms with Crippen LogP contribution in [0.4, 0.5) is 18.9 Å². The predicted octanol–water partition coefficient (Wildman–Crippen LogP) is 3.96. The Kier molecular flexibility index (Phi) is 4.81. The summed E-state index contributed by atoms with van der Waals surface area (Å²) in [4.78, 5) is 2.06. The molecule has 2 N–H and O–H groups in total. The van der Waals surface area contributed by atoms with E-state index < -0.39 is 17.6 Å². The van der Waals surface area contributed by atoms with Gasteiger partial charge in [0.2, 0.25) is 0 Å². The molecule has 1 saturated carbocycles. The molecule has 0 saturated heterocycles. The summed E-state index contributed by atoms with van der Waals surface area (Å²) >= 11 is 0. The molecular weight excluding hydrogens is 277 g/mol. The van der Waals surface area contributed by atoms with Crippen LogP contribution in [0.15, 0.2) is 30.3 Å². The molecule has 0 aromatic heterocycles. The van der Waals surface area contributed by atoms with Crippen molar-refractivity contribution in [1.29, 1.82) is 0 Å². The van der Waals surface area contributed by atoms with Gasteiger partial charge in [-0.3, -0.25) is 0 Å². The summed E-state index contributed by atoms with van der Waals surface area (Å²) in [6.07, 6.45) is -2.52. The Morgan fingerprint density at radius 3 is 2.48 bits per heavy atom. The minimum absolute atomic E-state index is 0.0930. The maximum Gasteiger partial charge on any atom is 0.391 e. The topological polar surface area (TPSA) is 29.3 Å².